The first kappa shape index (κ1) is 11.6. The molecule has 0 saturated heterocycles. The molecule has 1 aliphatic heterocycles. The monoisotopic (exact) mass is 246 g/mol. The number of carbonyl (C=O) groups is 1. The fourth-order valence-corrected chi connectivity index (χ4v) is 2.74. The van der Waals surface area contributed by atoms with Gasteiger partial charge in [-0.25, -0.2) is 0 Å². The van der Waals surface area contributed by atoms with E-state index in [4.69, 9.17) is 9.47 Å². The number of ketones is 1. The van der Waals surface area contributed by atoms with E-state index < -0.39 is 0 Å². The zero-order valence-electron chi connectivity index (χ0n) is 10.9. The molecule has 3 rings (SSSR count). The molecular formula is C15H18O3. The van der Waals surface area contributed by atoms with Gasteiger partial charge in [-0.1, -0.05) is 12.1 Å². The molecule has 1 atom stereocenters. The number of rotatable bonds is 2. The number of fused-ring (bicyclic) bond motifs is 1. The van der Waals surface area contributed by atoms with Crippen LogP contribution in [0.25, 0.3) is 0 Å². The first-order chi connectivity index (χ1) is 8.53. The maximum atomic E-state index is 11.3. The summed E-state index contributed by atoms with van der Waals surface area (Å²) in [7, 11) is 0. The molecule has 1 unspecified atom stereocenters. The Balaban J connectivity index is 1.82. The molecule has 0 radical (unpaired) electrons. The van der Waals surface area contributed by atoms with Gasteiger partial charge in [0.15, 0.2) is 11.5 Å². The van der Waals surface area contributed by atoms with E-state index in [2.05, 4.69) is 19.9 Å². The second-order valence-corrected chi connectivity index (χ2v) is 5.80. The molecule has 3 nitrogen and oxygen atoms in total. The van der Waals surface area contributed by atoms with Gasteiger partial charge in [-0.2, -0.15) is 0 Å². The molecule has 1 aromatic rings. The van der Waals surface area contributed by atoms with Crippen molar-refractivity contribution in [2.24, 2.45) is 0 Å². The molecular weight excluding hydrogens is 228 g/mol. The van der Waals surface area contributed by atoms with Crippen LogP contribution in [0.2, 0.25) is 0 Å². The lowest BCUT2D eigenvalue weighted by Crippen LogP contribution is -2.25. The van der Waals surface area contributed by atoms with Gasteiger partial charge in [0.2, 0.25) is 0 Å². The normalized spacial score (nSPS) is 24.8. The Morgan fingerprint density at radius 1 is 1.39 bits per heavy atom. The fourth-order valence-electron chi connectivity index (χ4n) is 2.74. The Bertz CT molecular complexity index is 491. The van der Waals surface area contributed by atoms with Crippen molar-refractivity contribution in [1.82, 2.24) is 0 Å². The Kier molecular flexibility index (Phi) is 2.58. The molecule has 0 spiro atoms. The minimum Gasteiger partial charge on any atom is -0.486 e. The summed E-state index contributed by atoms with van der Waals surface area (Å²) >= 11 is 0. The zero-order chi connectivity index (χ0) is 12.8. The van der Waals surface area contributed by atoms with Crippen LogP contribution in [0.1, 0.15) is 38.7 Å². The van der Waals surface area contributed by atoms with Crippen molar-refractivity contribution in [2.75, 3.05) is 0 Å². The number of Topliss-reactive ketones (excluding diaryl/α,β-unsaturated/α-hetero) is 1. The topological polar surface area (TPSA) is 35.5 Å². The van der Waals surface area contributed by atoms with Crippen LogP contribution in [0, 0.1) is 0 Å². The van der Waals surface area contributed by atoms with Gasteiger partial charge in [0.05, 0.1) is 0 Å². The number of benzene rings is 1. The third-order valence-electron chi connectivity index (χ3n) is 3.55. The Labute approximate surface area is 107 Å². The van der Waals surface area contributed by atoms with Gasteiger partial charge in [-0.15, -0.1) is 0 Å². The van der Waals surface area contributed by atoms with Gasteiger partial charge in [0.1, 0.15) is 17.5 Å². The lowest BCUT2D eigenvalue weighted by atomic mass is 10.0. The van der Waals surface area contributed by atoms with Gasteiger partial charge in [0.25, 0.3) is 0 Å². The second kappa shape index (κ2) is 4.01. The van der Waals surface area contributed by atoms with Gasteiger partial charge < -0.3 is 9.47 Å². The van der Waals surface area contributed by atoms with E-state index in [0.29, 0.717) is 18.6 Å². The average Bonchev–Trinajstić information content (AvgIpc) is 2.81. The van der Waals surface area contributed by atoms with Crippen LogP contribution in [0.5, 0.6) is 11.5 Å². The van der Waals surface area contributed by atoms with E-state index in [1.165, 1.54) is 5.56 Å². The van der Waals surface area contributed by atoms with Crippen LogP contribution in [0.3, 0.4) is 0 Å². The van der Waals surface area contributed by atoms with Crippen molar-refractivity contribution in [3.8, 4) is 11.5 Å². The summed E-state index contributed by atoms with van der Waals surface area (Å²) in [5.41, 5.74) is 1.04. The fraction of sp³-hybridized carbons (Fsp3) is 0.533. The van der Waals surface area contributed by atoms with Crippen LogP contribution < -0.4 is 9.47 Å². The standard InChI is InChI=1S/C15H18O3/c1-15(2)9-10-4-3-5-13(14(10)18-15)17-12-7-6-11(16)8-12/h3-5,12H,6-9H2,1-2H3. The van der Waals surface area contributed by atoms with Crippen molar-refractivity contribution in [1.29, 1.82) is 0 Å². The lowest BCUT2D eigenvalue weighted by Gasteiger charge is -2.19. The van der Waals surface area contributed by atoms with Crippen LogP contribution in [-0.2, 0) is 11.2 Å². The SMILES string of the molecule is CC1(C)Cc2cccc(OC3CCC(=O)C3)c2O1. The first-order valence-corrected chi connectivity index (χ1v) is 6.53. The highest BCUT2D eigenvalue weighted by atomic mass is 16.5. The highest BCUT2D eigenvalue weighted by molar-refractivity contribution is 5.81. The van der Waals surface area contributed by atoms with E-state index in [1.54, 1.807) is 0 Å². The molecule has 1 fully saturated rings. The van der Waals surface area contributed by atoms with Crippen LogP contribution in [0.4, 0.5) is 0 Å². The maximum Gasteiger partial charge on any atom is 0.165 e. The predicted molar refractivity (Wildman–Crippen MR) is 68.1 cm³/mol. The quantitative estimate of drug-likeness (QED) is 0.805. The number of para-hydroxylation sites is 1. The van der Waals surface area contributed by atoms with E-state index in [9.17, 15) is 4.79 Å². The lowest BCUT2D eigenvalue weighted by molar-refractivity contribution is -0.117. The summed E-state index contributed by atoms with van der Waals surface area (Å²) in [6, 6.07) is 6.01. The second-order valence-electron chi connectivity index (χ2n) is 5.80. The summed E-state index contributed by atoms with van der Waals surface area (Å²) in [6.45, 7) is 4.16. The number of carbonyl (C=O) groups excluding carboxylic acids is 1. The van der Waals surface area contributed by atoms with Crippen molar-refractivity contribution < 1.29 is 14.3 Å². The summed E-state index contributed by atoms with van der Waals surface area (Å²) < 4.78 is 11.9. The third-order valence-corrected chi connectivity index (χ3v) is 3.55. The molecule has 1 saturated carbocycles. The molecule has 18 heavy (non-hydrogen) atoms. The largest absolute Gasteiger partial charge is 0.486 e. The van der Waals surface area contributed by atoms with Gasteiger partial charge in [-0.05, 0) is 26.3 Å². The van der Waals surface area contributed by atoms with Crippen LogP contribution >= 0.6 is 0 Å². The number of hydrogen-bond donors (Lipinski definition) is 0. The molecule has 0 N–H and O–H groups in total. The maximum absolute atomic E-state index is 11.3. The molecule has 1 heterocycles. The molecule has 3 heteroatoms. The molecule has 0 aromatic heterocycles. The molecule has 2 aliphatic rings. The predicted octanol–water partition coefficient (Wildman–Crippen LogP) is 2.90. The van der Waals surface area contributed by atoms with E-state index in [0.717, 1.165) is 24.3 Å². The van der Waals surface area contributed by atoms with Crippen molar-refractivity contribution in [2.45, 2.75) is 51.2 Å². The summed E-state index contributed by atoms with van der Waals surface area (Å²) in [5.74, 6) is 1.95. The highest BCUT2D eigenvalue weighted by Gasteiger charge is 2.33. The van der Waals surface area contributed by atoms with E-state index in [1.807, 2.05) is 12.1 Å². The van der Waals surface area contributed by atoms with Crippen molar-refractivity contribution >= 4 is 5.78 Å². The summed E-state index contributed by atoms with van der Waals surface area (Å²) in [4.78, 5) is 11.3. The van der Waals surface area contributed by atoms with Crippen LogP contribution in [0.15, 0.2) is 18.2 Å². The zero-order valence-corrected chi connectivity index (χ0v) is 10.9. The average molecular weight is 246 g/mol. The van der Waals surface area contributed by atoms with Crippen molar-refractivity contribution in [3.63, 3.8) is 0 Å². The summed E-state index contributed by atoms with van der Waals surface area (Å²) in [6.07, 6.45) is 2.94. The number of hydrogen-bond acceptors (Lipinski definition) is 3. The number of ether oxygens (including phenoxy) is 2. The van der Waals surface area contributed by atoms with E-state index >= 15 is 0 Å². The molecule has 1 aliphatic carbocycles. The van der Waals surface area contributed by atoms with Crippen LogP contribution in [-0.4, -0.2) is 17.5 Å². The Morgan fingerprint density at radius 2 is 2.22 bits per heavy atom. The smallest absolute Gasteiger partial charge is 0.165 e. The summed E-state index contributed by atoms with van der Waals surface area (Å²) in [5, 5.41) is 0. The minimum absolute atomic E-state index is 0.0244. The van der Waals surface area contributed by atoms with Crippen molar-refractivity contribution in [3.05, 3.63) is 23.8 Å². The molecule has 0 bridgehead atoms. The molecule has 96 valence electrons. The van der Waals surface area contributed by atoms with E-state index in [-0.39, 0.29) is 11.7 Å². The van der Waals surface area contributed by atoms with Gasteiger partial charge >= 0.3 is 0 Å². The minimum atomic E-state index is -0.159. The first-order valence-electron chi connectivity index (χ1n) is 6.53. The molecule has 0 amide bonds. The van der Waals surface area contributed by atoms with Gasteiger partial charge in [-0.3, -0.25) is 4.79 Å². The third kappa shape index (κ3) is 2.09. The molecule has 1 aromatic carbocycles. The Morgan fingerprint density at radius 3 is 2.94 bits per heavy atom. The Hall–Kier alpha value is -1.51. The highest BCUT2D eigenvalue weighted by Crippen LogP contribution is 2.42. The van der Waals surface area contributed by atoms with Gasteiger partial charge in [0, 0.05) is 24.8 Å².